The lowest BCUT2D eigenvalue weighted by Crippen LogP contribution is -2.52. The average Bonchev–Trinajstić information content (AvgIpc) is 3.28. The zero-order valence-electron chi connectivity index (χ0n) is 17.8. The maximum atomic E-state index is 13.4. The van der Waals surface area contributed by atoms with Gasteiger partial charge in [0.2, 0.25) is 15.9 Å². The summed E-state index contributed by atoms with van der Waals surface area (Å²) < 4.78 is 29.0. The van der Waals surface area contributed by atoms with Crippen LogP contribution in [0.5, 0.6) is 0 Å². The molecule has 4 rings (SSSR count). The van der Waals surface area contributed by atoms with Crippen LogP contribution < -0.4 is 10.5 Å². The van der Waals surface area contributed by atoms with E-state index < -0.39 is 34.0 Å². The molecular weight excluding hydrogens is 442 g/mol. The molecule has 0 aliphatic carbocycles. The topological polar surface area (TPSA) is 130 Å². The second-order valence-corrected chi connectivity index (χ2v) is 9.87. The summed E-state index contributed by atoms with van der Waals surface area (Å²) in [4.78, 5) is 26.3. The Kier molecular flexibility index (Phi) is 6.35. The SMILES string of the molecule is Nc1cccc(C[C@H](NS(=O)(=O)c2ccc3ccccc3c2)C(=O)N2CCC[C@H]2C(=O)O)c1. The van der Waals surface area contributed by atoms with E-state index in [9.17, 15) is 23.1 Å². The normalized spacial score (nSPS) is 17.2. The molecule has 9 heteroatoms. The Morgan fingerprint density at radius 3 is 2.55 bits per heavy atom. The molecule has 0 saturated carbocycles. The zero-order valence-corrected chi connectivity index (χ0v) is 18.7. The third-order valence-corrected chi connectivity index (χ3v) is 7.31. The number of carboxylic acid groups (broad SMARTS) is 1. The van der Waals surface area contributed by atoms with Gasteiger partial charge in [-0.2, -0.15) is 4.72 Å². The standard InChI is InChI=1S/C24H25N3O5S/c25-19-8-3-5-16(13-19)14-21(23(28)27-12-4-9-22(27)24(29)30)26-33(31,32)20-11-10-17-6-1-2-7-18(17)15-20/h1-3,5-8,10-11,13,15,21-22,26H,4,9,12,14,25H2,(H,29,30)/t21-,22-/m0/s1. The summed E-state index contributed by atoms with van der Waals surface area (Å²) in [6.07, 6.45) is 0.925. The molecule has 33 heavy (non-hydrogen) atoms. The number of nitrogens with two attached hydrogens (primary N) is 1. The first-order chi connectivity index (χ1) is 15.7. The number of carboxylic acids is 1. The van der Waals surface area contributed by atoms with Gasteiger partial charge in [-0.3, -0.25) is 4.79 Å². The predicted octanol–water partition coefficient (Wildman–Crippen LogP) is 2.39. The highest BCUT2D eigenvalue weighted by Gasteiger charge is 2.38. The fraction of sp³-hybridized carbons (Fsp3) is 0.250. The molecule has 1 saturated heterocycles. The van der Waals surface area contributed by atoms with Gasteiger partial charge < -0.3 is 15.7 Å². The van der Waals surface area contributed by atoms with Crippen molar-refractivity contribution in [3.63, 3.8) is 0 Å². The minimum absolute atomic E-state index is 0.0304. The van der Waals surface area contributed by atoms with Crippen molar-refractivity contribution in [1.29, 1.82) is 0 Å². The van der Waals surface area contributed by atoms with Crippen LogP contribution in [0.4, 0.5) is 5.69 Å². The quantitative estimate of drug-likeness (QED) is 0.458. The van der Waals surface area contributed by atoms with Crippen LogP contribution in [0.15, 0.2) is 71.6 Å². The molecule has 3 aromatic rings. The Balaban J connectivity index is 1.67. The van der Waals surface area contributed by atoms with Gasteiger partial charge in [-0.15, -0.1) is 0 Å². The first-order valence-electron chi connectivity index (χ1n) is 10.6. The van der Waals surface area contributed by atoms with Crippen LogP contribution in [-0.4, -0.2) is 48.9 Å². The van der Waals surface area contributed by atoms with Gasteiger partial charge in [0.1, 0.15) is 12.1 Å². The van der Waals surface area contributed by atoms with Gasteiger partial charge in [0.15, 0.2) is 0 Å². The number of anilines is 1. The molecular formula is C24H25N3O5S. The number of benzene rings is 3. The van der Waals surface area contributed by atoms with Crippen molar-refractivity contribution in [2.75, 3.05) is 12.3 Å². The van der Waals surface area contributed by atoms with Gasteiger partial charge in [0.25, 0.3) is 0 Å². The number of nitrogens with zero attached hydrogens (tertiary/aromatic N) is 1. The number of rotatable bonds is 7. The molecule has 2 atom stereocenters. The van der Waals surface area contributed by atoms with E-state index >= 15 is 0 Å². The van der Waals surface area contributed by atoms with E-state index in [1.807, 2.05) is 24.3 Å². The Morgan fingerprint density at radius 2 is 1.82 bits per heavy atom. The molecule has 0 unspecified atom stereocenters. The van der Waals surface area contributed by atoms with Crippen LogP contribution in [0.25, 0.3) is 10.8 Å². The van der Waals surface area contributed by atoms with Crippen molar-refractivity contribution in [2.45, 2.75) is 36.2 Å². The first kappa shape index (κ1) is 22.8. The van der Waals surface area contributed by atoms with Crippen molar-refractivity contribution < 1.29 is 23.1 Å². The molecule has 3 aromatic carbocycles. The number of likely N-dealkylation sites (tertiary alicyclic amines) is 1. The van der Waals surface area contributed by atoms with Crippen LogP contribution >= 0.6 is 0 Å². The number of aliphatic carboxylic acids is 1. The fourth-order valence-electron chi connectivity index (χ4n) is 4.21. The molecule has 0 aromatic heterocycles. The van der Waals surface area contributed by atoms with Crippen molar-refractivity contribution >= 4 is 38.4 Å². The second-order valence-electron chi connectivity index (χ2n) is 8.16. The number of sulfonamides is 1. The fourth-order valence-corrected chi connectivity index (χ4v) is 5.44. The van der Waals surface area contributed by atoms with E-state index in [1.54, 1.807) is 36.4 Å². The van der Waals surface area contributed by atoms with Crippen molar-refractivity contribution in [1.82, 2.24) is 9.62 Å². The Hall–Kier alpha value is -3.43. The maximum Gasteiger partial charge on any atom is 0.326 e. The molecule has 4 N–H and O–H groups in total. The third-order valence-electron chi connectivity index (χ3n) is 5.84. The number of nitrogen functional groups attached to an aromatic ring is 1. The van der Waals surface area contributed by atoms with Gasteiger partial charge in [0.05, 0.1) is 4.90 Å². The second kappa shape index (κ2) is 9.21. The highest BCUT2D eigenvalue weighted by molar-refractivity contribution is 7.89. The molecule has 172 valence electrons. The molecule has 0 spiro atoms. The van der Waals surface area contributed by atoms with Crippen LogP contribution in [-0.2, 0) is 26.0 Å². The Labute approximate surface area is 192 Å². The molecule has 1 aliphatic rings. The van der Waals surface area contributed by atoms with Crippen LogP contribution in [0.1, 0.15) is 18.4 Å². The molecule has 0 bridgehead atoms. The first-order valence-corrected chi connectivity index (χ1v) is 12.1. The molecule has 1 amide bonds. The number of hydrogen-bond acceptors (Lipinski definition) is 5. The summed E-state index contributed by atoms with van der Waals surface area (Å²) >= 11 is 0. The number of nitrogens with one attached hydrogen (secondary N) is 1. The van der Waals surface area contributed by atoms with Crippen molar-refractivity contribution in [2.24, 2.45) is 0 Å². The van der Waals surface area contributed by atoms with Crippen molar-refractivity contribution in [3.8, 4) is 0 Å². The zero-order chi connectivity index (χ0) is 23.6. The molecule has 1 fully saturated rings. The monoisotopic (exact) mass is 467 g/mol. The van der Waals surface area contributed by atoms with E-state index in [-0.39, 0.29) is 17.9 Å². The maximum absolute atomic E-state index is 13.4. The molecule has 1 aliphatic heterocycles. The number of fused-ring (bicyclic) bond motifs is 1. The van der Waals surface area contributed by atoms with Crippen LogP contribution in [0.2, 0.25) is 0 Å². The lowest BCUT2D eigenvalue weighted by atomic mass is 10.0. The Morgan fingerprint density at radius 1 is 1.06 bits per heavy atom. The summed E-state index contributed by atoms with van der Waals surface area (Å²) in [5.74, 6) is -1.66. The van der Waals surface area contributed by atoms with Gasteiger partial charge in [-0.25, -0.2) is 13.2 Å². The van der Waals surface area contributed by atoms with E-state index in [4.69, 9.17) is 5.73 Å². The largest absolute Gasteiger partial charge is 0.480 e. The number of amides is 1. The lowest BCUT2D eigenvalue weighted by molar-refractivity contribution is -0.148. The highest BCUT2D eigenvalue weighted by Crippen LogP contribution is 2.23. The van der Waals surface area contributed by atoms with Crippen LogP contribution in [0, 0.1) is 0 Å². The van der Waals surface area contributed by atoms with E-state index in [2.05, 4.69) is 4.72 Å². The summed E-state index contributed by atoms with van der Waals surface area (Å²) in [6.45, 7) is 0.265. The minimum atomic E-state index is -4.07. The Bertz CT molecular complexity index is 1310. The smallest absolute Gasteiger partial charge is 0.326 e. The summed E-state index contributed by atoms with van der Waals surface area (Å²) in [6, 6.07) is 16.8. The average molecular weight is 468 g/mol. The minimum Gasteiger partial charge on any atom is -0.480 e. The van der Waals surface area contributed by atoms with Gasteiger partial charge in [-0.05, 0) is 59.9 Å². The summed E-state index contributed by atoms with van der Waals surface area (Å²) in [5, 5.41) is 11.2. The van der Waals surface area contributed by atoms with E-state index in [0.29, 0.717) is 24.1 Å². The number of carbonyl (C=O) groups excluding carboxylic acids is 1. The van der Waals surface area contributed by atoms with Gasteiger partial charge >= 0.3 is 5.97 Å². The van der Waals surface area contributed by atoms with Gasteiger partial charge in [0, 0.05) is 12.2 Å². The van der Waals surface area contributed by atoms with E-state index in [0.717, 1.165) is 10.8 Å². The van der Waals surface area contributed by atoms with Crippen LogP contribution in [0.3, 0.4) is 0 Å². The molecule has 8 nitrogen and oxygen atoms in total. The summed E-state index contributed by atoms with van der Waals surface area (Å²) in [7, 11) is -4.07. The third kappa shape index (κ3) is 4.99. The highest BCUT2D eigenvalue weighted by atomic mass is 32.2. The van der Waals surface area contributed by atoms with Gasteiger partial charge in [-0.1, -0.05) is 42.5 Å². The molecule has 1 heterocycles. The number of hydrogen-bond donors (Lipinski definition) is 3. The number of carbonyl (C=O) groups is 2. The lowest BCUT2D eigenvalue weighted by Gasteiger charge is -2.27. The van der Waals surface area contributed by atoms with Crippen molar-refractivity contribution in [3.05, 3.63) is 72.3 Å². The van der Waals surface area contributed by atoms with E-state index in [1.165, 1.54) is 11.0 Å². The summed E-state index contributed by atoms with van der Waals surface area (Å²) in [5.41, 5.74) is 7.01. The molecule has 0 radical (unpaired) electrons. The predicted molar refractivity (Wildman–Crippen MR) is 125 cm³/mol.